The van der Waals surface area contributed by atoms with Crippen LogP contribution in [0.3, 0.4) is 0 Å². The molecule has 4 saturated heterocycles. The van der Waals surface area contributed by atoms with Crippen LogP contribution in [0.25, 0.3) is 22.3 Å². The van der Waals surface area contributed by atoms with Gasteiger partial charge in [0.05, 0.1) is 81.9 Å². The second kappa shape index (κ2) is 36.8. The molecule has 0 amide bonds. The largest absolute Gasteiger partial charge is 0.497 e. The second-order valence-electron chi connectivity index (χ2n) is 30.0. The summed E-state index contributed by atoms with van der Waals surface area (Å²) in [6, 6.07) is 23.0. The number of amidine groups is 1. The standard InChI is InChI=1S/C25H27Cl2N7O.C20H26N6O.C17H19Cl2N7.C12H15ClN4.C5HCl2N3/c1-4-25(2)10-12-33(15-25)19-13-29-21-23(30-18-9-11-28-22(27)20(18)26)32-34(24(21)31-19)14-16-5-7-17(35-3)8-6-16;1-4-20(2)9-10-25(13-20)16-11-22-17-18(21)24-26(19(17)23-16)12-14-5-7-15(27-3)8-6-14;1-17(8-20)3-5-26(9-17)12-7-22-14-11(24-12)6-23-16(14)25-10-2-4-21-15(19)13(10)18;1-3-12(2)4-5-17(8-12)10-7-15-9(6-14)11(13)16-10;6-4-2-9-3(1-8)5(7)10-4/h5-9,11,13H,4,10,12,14-15H2,1-3H3,(H,28,30,32);5-8,11H,4,9-10,12-13H2,1-3H3,(H2,21,24);2,4,7H,3,5-6,8-9,20H2,1H3,(H,21,23,25);7H,3-5,8H2,1-2H3;2H. The van der Waals surface area contributed by atoms with Crippen LogP contribution in [-0.4, -0.2) is 158 Å². The fourth-order valence-electron chi connectivity index (χ4n) is 13.7. The van der Waals surface area contributed by atoms with E-state index >= 15 is 0 Å². The van der Waals surface area contributed by atoms with Gasteiger partial charge in [-0.15, -0.1) is 0 Å². The predicted molar refractivity (Wildman–Crippen MR) is 455 cm³/mol. The van der Waals surface area contributed by atoms with Gasteiger partial charge in [-0.3, -0.25) is 4.99 Å². The summed E-state index contributed by atoms with van der Waals surface area (Å²) in [5, 5.41) is 34.4. The zero-order chi connectivity index (χ0) is 81.9. The molecule has 115 heavy (non-hydrogen) atoms. The van der Waals surface area contributed by atoms with Gasteiger partial charge >= 0.3 is 0 Å². The topological polar surface area (TPSA) is 358 Å². The van der Waals surface area contributed by atoms with E-state index in [9.17, 15) is 0 Å². The Morgan fingerprint density at radius 1 is 0.487 bits per heavy atom. The molecule has 29 nitrogen and oxygen atoms in total. The lowest BCUT2D eigenvalue weighted by Crippen LogP contribution is -2.31. The van der Waals surface area contributed by atoms with Crippen molar-refractivity contribution in [2.75, 3.05) is 109 Å². The first-order valence-corrected chi connectivity index (χ1v) is 40.1. The number of nitrogens with one attached hydrogen (secondary N) is 2. The molecule has 0 radical (unpaired) electrons. The van der Waals surface area contributed by atoms with E-state index in [4.69, 9.17) is 138 Å². The molecule has 14 heterocycles. The lowest BCUT2D eigenvalue weighted by Gasteiger charge is -2.23. The molecule has 0 saturated carbocycles. The first-order valence-electron chi connectivity index (χ1n) is 37.4. The van der Waals surface area contributed by atoms with E-state index in [0.717, 1.165) is 147 Å². The van der Waals surface area contributed by atoms with Crippen molar-refractivity contribution in [1.29, 1.82) is 10.5 Å². The molecule has 6 N–H and O–H groups in total. The Kier molecular flexibility index (Phi) is 27.0. The highest BCUT2D eigenvalue weighted by molar-refractivity contribution is 6.44. The first kappa shape index (κ1) is 84.3. The van der Waals surface area contributed by atoms with Gasteiger partial charge in [0.2, 0.25) is 0 Å². The summed E-state index contributed by atoms with van der Waals surface area (Å²) < 4.78 is 14.2. The van der Waals surface area contributed by atoms with Crippen LogP contribution in [0.5, 0.6) is 11.5 Å². The van der Waals surface area contributed by atoms with Crippen molar-refractivity contribution >= 4 is 156 Å². The number of benzene rings is 2. The van der Waals surface area contributed by atoms with Crippen LogP contribution in [0.15, 0.2) is 109 Å². The third-order valence-corrected chi connectivity index (χ3v) is 24.0. The summed E-state index contributed by atoms with van der Waals surface area (Å²) in [6.45, 7) is 25.9. The number of anilines is 8. The normalized spacial score (nSPS) is 19.2. The number of hydrogen-bond acceptors (Lipinski definition) is 27. The van der Waals surface area contributed by atoms with Gasteiger partial charge in [0.25, 0.3) is 0 Å². The van der Waals surface area contributed by atoms with Crippen molar-refractivity contribution in [3.8, 4) is 23.6 Å². The van der Waals surface area contributed by atoms with Crippen LogP contribution in [-0.2, 0) is 19.6 Å². The highest BCUT2D eigenvalue weighted by Gasteiger charge is 2.38. The maximum absolute atomic E-state index is 8.75. The van der Waals surface area contributed by atoms with Crippen LogP contribution >= 0.6 is 81.2 Å². The molecule has 600 valence electrons. The third-order valence-electron chi connectivity index (χ3n) is 21.7. The van der Waals surface area contributed by atoms with Crippen LogP contribution in [0.2, 0.25) is 35.8 Å². The van der Waals surface area contributed by atoms with Gasteiger partial charge < -0.3 is 51.2 Å². The van der Waals surface area contributed by atoms with E-state index in [0.29, 0.717) is 98.0 Å². The minimum Gasteiger partial charge on any atom is -0.497 e. The van der Waals surface area contributed by atoms with E-state index in [2.05, 4.69) is 129 Å². The number of nitrogen functional groups attached to an aromatic ring is 1. The molecule has 5 aliphatic heterocycles. The highest BCUT2D eigenvalue weighted by atomic mass is 35.5. The van der Waals surface area contributed by atoms with Crippen molar-refractivity contribution in [3.05, 3.63) is 174 Å². The van der Waals surface area contributed by atoms with Gasteiger partial charge in [-0.2, -0.15) is 20.7 Å². The van der Waals surface area contributed by atoms with E-state index in [1.54, 1.807) is 57.2 Å². The van der Waals surface area contributed by atoms with Crippen molar-refractivity contribution in [2.24, 2.45) is 32.4 Å². The fraction of sp³-hybridized carbons (Fsp3) is 0.405. The van der Waals surface area contributed by atoms with Crippen LogP contribution < -0.4 is 51.2 Å². The molecule has 16 rings (SSSR count). The van der Waals surface area contributed by atoms with Crippen molar-refractivity contribution < 1.29 is 9.47 Å². The maximum atomic E-state index is 8.75. The smallest absolute Gasteiger partial charge is 0.181 e. The summed E-state index contributed by atoms with van der Waals surface area (Å²) in [5.41, 5.74) is 21.1. The van der Waals surface area contributed by atoms with Gasteiger partial charge in [-0.25, -0.2) is 69.2 Å². The maximum Gasteiger partial charge on any atom is 0.181 e. The Labute approximate surface area is 702 Å². The number of hydrogen-bond donors (Lipinski definition) is 4. The van der Waals surface area contributed by atoms with E-state index in [1.165, 1.54) is 19.0 Å². The molecule has 4 unspecified atom stereocenters. The summed E-state index contributed by atoms with van der Waals surface area (Å²) in [6.07, 6.45) is 19.5. The predicted octanol–water partition coefficient (Wildman–Crippen LogP) is 16.1. The van der Waals surface area contributed by atoms with Gasteiger partial charge in [-0.1, -0.05) is 154 Å². The summed E-state index contributed by atoms with van der Waals surface area (Å²) in [4.78, 5) is 65.5. The Morgan fingerprint density at radius 3 is 1.37 bits per heavy atom. The molecule has 5 aliphatic rings. The van der Waals surface area contributed by atoms with Crippen LogP contribution in [0, 0.1) is 44.3 Å². The number of pyridine rings is 2. The zero-order valence-electron chi connectivity index (χ0n) is 65.2. The Bertz CT molecular complexity index is 5420. The molecule has 2 aromatic carbocycles. The molecule has 9 aromatic heterocycles. The summed E-state index contributed by atoms with van der Waals surface area (Å²) >= 11 is 41.4. The molecule has 0 spiro atoms. The monoisotopic (exact) mass is 1690 g/mol. The number of ether oxygens (including phenoxy) is 2. The Hall–Kier alpha value is -10.1. The Morgan fingerprint density at radius 2 is 0.913 bits per heavy atom. The molecule has 36 heteroatoms. The molecular formula is C79H88Cl7N27O2. The minimum atomic E-state index is 0.0370. The number of rotatable bonds is 17. The van der Waals surface area contributed by atoms with E-state index < -0.39 is 0 Å². The SMILES string of the molecule is CC1(CN)CCN(c2cnc3c(n2)CN=C3Nc2ccnc(Cl)c2Cl)C1.CCC1(C)CCN(c2cnc(C#N)c(Cl)n2)C1.CCC1(C)CCN(c2cnc3c(N)nn(Cc4ccc(OC)cc4)c3n2)C1.CCC1(C)CCN(c2cnc3c(Nc4ccnc(Cl)c4Cl)nn(Cc4ccc(OC)cc4)c3n2)C1.N#Cc1ncc(Cl)nc1Cl. The molecule has 11 aromatic rings. The van der Waals surface area contributed by atoms with Gasteiger partial charge in [0.1, 0.15) is 78.1 Å². The zero-order valence-corrected chi connectivity index (χ0v) is 70.4. The average Bonchev–Trinajstić information content (AvgIpc) is 1.61. The number of aromatic nitrogens is 16. The van der Waals surface area contributed by atoms with Crippen LogP contribution in [0.4, 0.5) is 46.3 Å². The molecule has 0 bridgehead atoms. The number of methoxy groups -OCH3 is 2. The Balaban J connectivity index is 0.000000139. The lowest BCUT2D eigenvalue weighted by atomic mass is 9.87. The van der Waals surface area contributed by atoms with Crippen LogP contribution in [0.1, 0.15) is 127 Å². The minimum absolute atomic E-state index is 0.0370. The lowest BCUT2D eigenvalue weighted by molar-refractivity contribution is 0.355. The fourth-order valence-corrected chi connectivity index (χ4v) is 14.9. The molecule has 0 aliphatic carbocycles. The molecular weight excluding hydrogens is 1610 g/mol. The average molecular weight is 1700 g/mol. The summed E-state index contributed by atoms with van der Waals surface area (Å²) in [7, 11) is 3.32. The number of halogens is 7. The highest BCUT2D eigenvalue weighted by Crippen LogP contribution is 2.41. The first-order chi connectivity index (χ1) is 55.2. The molecule has 4 fully saturated rings. The quantitative estimate of drug-likeness (QED) is 0.0615. The number of nitrogens with two attached hydrogens (primary N) is 2. The van der Waals surface area contributed by atoms with Crippen molar-refractivity contribution in [2.45, 2.75) is 113 Å². The number of nitriles is 2. The van der Waals surface area contributed by atoms with E-state index in [-0.39, 0.29) is 42.6 Å². The number of aliphatic imine (C=N–C) groups is 1. The second-order valence-corrected chi connectivity index (χ2v) is 32.6. The van der Waals surface area contributed by atoms with Gasteiger partial charge in [0.15, 0.2) is 61.5 Å². The van der Waals surface area contributed by atoms with Gasteiger partial charge in [-0.05, 0) is 121 Å². The third kappa shape index (κ3) is 20.1. The van der Waals surface area contributed by atoms with Crippen molar-refractivity contribution in [1.82, 2.24) is 79.4 Å². The van der Waals surface area contributed by atoms with E-state index in [1.807, 2.05) is 76.4 Å². The number of nitrogens with zero attached hydrogens (tertiary/aromatic N) is 23. The van der Waals surface area contributed by atoms with Crippen molar-refractivity contribution in [3.63, 3.8) is 0 Å². The number of fused-ring (bicyclic) bond motifs is 3. The summed E-state index contributed by atoms with van der Waals surface area (Å²) in [5.74, 6) is 6.65. The molecule has 4 atom stereocenters. The van der Waals surface area contributed by atoms with Gasteiger partial charge in [0, 0.05) is 64.8 Å².